The minimum absolute atomic E-state index is 0.213. The van der Waals surface area contributed by atoms with Crippen molar-refractivity contribution in [2.45, 2.75) is 74.1 Å². The van der Waals surface area contributed by atoms with E-state index in [9.17, 15) is 4.79 Å². The number of nitrogens with one attached hydrogen (secondary N) is 1. The fourth-order valence-corrected chi connectivity index (χ4v) is 4.64. The summed E-state index contributed by atoms with van der Waals surface area (Å²) < 4.78 is 0. The van der Waals surface area contributed by atoms with Crippen molar-refractivity contribution in [1.82, 2.24) is 0 Å². The highest BCUT2D eigenvalue weighted by Crippen LogP contribution is 2.32. The van der Waals surface area contributed by atoms with Gasteiger partial charge in [-0.25, -0.2) is 0 Å². The molecular formula is C36H45NO. The van der Waals surface area contributed by atoms with E-state index >= 15 is 0 Å². The molecule has 0 aliphatic rings. The van der Waals surface area contributed by atoms with E-state index < -0.39 is 0 Å². The van der Waals surface area contributed by atoms with Crippen LogP contribution in [0.1, 0.15) is 83.1 Å². The number of allylic oxidation sites excluding steroid dienone is 9. The van der Waals surface area contributed by atoms with Gasteiger partial charge in [-0.05, 0) is 116 Å². The van der Waals surface area contributed by atoms with Crippen LogP contribution in [-0.4, -0.2) is 5.91 Å². The molecule has 1 N–H and O–H groups in total. The Balaban J connectivity index is 2.66. The van der Waals surface area contributed by atoms with Gasteiger partial charge >= 0.3 is 0 Å². The van der Waals surface area contributed by atoms with Gasteiger partial charge in [0, 0.05) is 5.69 Å². The number of carbonyl (C=O) groups is 1. The second-order valence-corrected chi connectivity index (χ2v) is 9.68. The van der Waals surface area contributed by atoms with Crippen LogP contribution in [0, 0.1) is 6.92 Å². The molecule has 2 aromatic rings. The van der Waals surface area contributed by atoms with Crippen LogP contribution in [0.4, 0.5) is 5.69 Å². The maximum absolute atomic E-state index is 11.9. The van der Waals surface area contributed by atoms with Gasteiger partial charge in [-0.1, -0.05) is 94.0 Å². The van der Waals surface area contributed by atoms with Crippen molar-refractivity contribution >= 4 is 23.2 Å². The van der Waals surface area contributed by atoms with Crippen LogP contribution in [0.15, 0.2) is 102 Å². The number of carbonyl (C=O) groups excluding carboxylic acids is 1. The van der Waals surface area contributed by atoms with Gasteiger partial charge in [0.15, 0.2) is 0 Å². The van der Waals surface area contributed by atoms with E-state index in [0.29, 0.717) is 0 Å². The van der Waals surface area contributed by atoms with Gasteiger partial charge in [-0.2, -0.15) is 0 Å². The highest BCUT2D eigenvalue weighted by Gasteiger charge is 2.13. The molecule has 0 atom stereocenters. The number of benzene rings is 2. The molecule has 0 bridgehead atoms. The van der Waals surface area contributed by atoms with Crippen LogP contribution < -0.4 is 5.32 Å². The van der Waals surface area contributed by atoms with E-state index in [1.165, 1.54) is 45.1 Å². The molecule has 2 rings (SSSR count). The Labute approximate surface area is 231 Å². The zero-order valence-electron chi connectivity index (χ0n) is 24.4. The summed E-state index contributed by atoms with van der Waals surface area (Å²) in [6.45, 7) is 18.8. The van der Waals surface area contributed by atoms with Crippen LogP contribution in [0.25, 0.3) is 11.6 Å². The Morgan fingerprint density at radius 2 is 1.68 bits per heavy atom. The van der Waals surface area contributed by atoms with Crippen molar-refractivity contribution < 1.29 is 4.79 Å². The average Bonchev–Trinajstić information content (AvgIpc) is 2.90. The molecule has 2 aromatic carbocycles. The first kappa shape index (κ1) is 30.6. The lowest BCUT2D eigenvalue weighted by Gasteiger charge is -2.17. The van der Waals surface area contributed by atoms with E-state index in [0.717, 1.165) is 42.5 Å². The van der Waals surface area contributed by atoms with Crippen molar-refractivity contribution in [2.24, 2.45) is 0 Å². The maximum atomic E-state index is 11.9. The lowest BCUT2D eigenvalue weighted by atomic mass is 9.87. The first-order valence-electron chi connectivity index (χ1n) is 13.8. The third-order valence-corrected chi connectivity index (χ3v) is 6.51. The largest absolute Gasteiger partial charge is 0.323 e. The number of hydrogen-bond donors (Lipinski definition) is 1. The second kappa shape index (κ2) is 15.6. The highest BCUT2D eigenvalue weighted by molar-refractivity contribution is 5.99. The molecule has 0 aliphatic carbocycles. The summed E-state index contributed by atoms with van der Waals surface area (Å²) in [4.78, 5) is 11.9. The first-order chi connectivity index (χ1) is 18.3. The number of rotatable bonds is 12. The minimum atomic E-state index is -0.213. The number of aryl methyl sites for hydroxylation is 2. The molecule has 1 amide bonds. The molecule has 200 valence electrons. The summed E-state index contributed by atoms with van der Waals surface area (Å²) >= 11 is 0. The maximum Gasteiger partial charge on any atom is 0.247 e. The van der Waals surface area contributed by atoms with Gasteiger partial charge in [0.05, 0.1) is 0 Å². The quantitative estimate of drug-likeness (QED) is 0.225. The van der Waals surface area contributed by atoms with Crippen LogP contribution >= 0.6 is 0 Å². The van der Waals surface area contributed by atoms with Crippen molar-refractivity contribution in [3.05, 3.63) is 124 Å². The van der Waals surface area contributed by atoms with Crippen molar-refractivity contribution in [2.75, 3.05) is 5.32 Å². The van der Waals surface area contributed by atoms with Crippen molar-refractivity contribution in [3.63, 3.8) is 0 Å². The Morgan fingerprint density at radius 3 is 2.32 bits per heavy atom. The molecule has 0 aliphatic heterocycles. The molecule has 0 fully saturated rings. The molecule has 0 radical (unpaired) electrons. The van der Waals surface area contributed by atoms with Crippen molar-refractivity contribution in [3.8, 4) is 0 Å². The van der Waals surface area contributed by atoms with Gasteiger partial charge in [0.25, 0.3) is 0 Å². The number of hydrogen-bond acceptors (Lipinski definition) is 1. The topological polar surface area (TPSA) is 29.1 Å². The predicted octanol–water partition coefficient (Wildman–Crippen LogP) is 10.2. The summed E-state index contributed by atoms with van der Waals surface area (Å²) in [6, 6.07) is 14.7. The molecule has 0 saturated heterocycles. The Kier molecular flexibility index (Phi) is 12.5. The van der Waals surface area contributed by atoms with E-state index in [1.807, 2.05) is 18.2 Å². The predicted molar refractivity (Wildman–Crippen MR) is 168 cm³/mol. The molecule has 2 heteroatoms. The molecular weight excluding hydrogens is 462 g/mol. The van der Waals surface area contributed by atoms with Crippen molar-refractivity contribution in [1.29, 1.82) is 0 Å². The molecule has 0 spiro atoms. The minimum Gasteiger partial charge on any atom is -0.323 e. The van der Waals surface area contributed by atoms with E-state index in [1.54, 1.807) is 0 Å². The van der Waals surface area contributed by atoms with Gasteiger partial charge in [0.2, 0.25) is 5.91 Å². The smallest absolute Gasteiger partial charge is 0.247 e. The van der Waals surface area contributed by atoms with Gasteiger partial charge in [-0.3, -0.25) is 4.79 Å². The Morgan fingerprint density at radius 1 is 0.947 bits per heavy atom. The number of anilines is 1. The zero-order chi connectivity index (χ0) is 28.1. The fraction of sp³-hybridized carbons (Fsp3) is 0.306. The molecule has 2 nitrogen and oxygen atoms in total. The standard InChI is InChI=1S/C36H45NO/c1-9-15-27(7)35(25-29(12-4)31-18-14-19-33(24-31)37-36(38)13-5)34(17-11-3)28(8)23-32-21-20-26(6)22-30(32)16-10-2/h12-15,17-25H,5,9-11,16H2,1-4,6-8H3,(H,37,38)/b27-15+,28-23+,29-12+,34-17?,35-25+. The highest BCUT2D eigenvalue weighted by atomic mass is 16.1. The molecule has 0 heterocycles. The molecule has 0 aromatic heterocycles. The van der Waals surface area contributed by atoms with Gasteiger partial charge in [0.1, 0.15) is 0 Å². The van der Waals surface area contributed by atoms with E-state index in [4.69, 9.17) is 0 Å². The zero-order valence-corrected chi connectivity index (χ0v) is 24.4. The second-order valence-electron chi connectivity index (χ2n) is 9.68. The van der Waals surface area contributed by atoms with Gasteiger partial charge in [-0.15, -0.1) is 0 Å². The van der Waals surface area contributed by atoms with Crippen LogP contribution in [0.5, 0.6) is 0 Å². The van der Waals surface area contributed by atoms with Crippen LogP contribution in [0.3, 0.4) is 0 Å². The third kappa shape index (κ3) is 8.73. The summed E-state index contributed by atoms with van der Waals surface area (Å²) in [7, 11) is 0. The summed E-state index contributed by atoms with van der Waals surface area (Å²) in [5.41, 5.74) is 11.9. The SMILES string of the molecule is C=CC(=O)Nc1cccc(C(/C=C(C(=CCC)/C(C)=C/c2ccc(C)cc2CCC)\C(C)=C\CC)=C/C)c1. The lowest BCUT2D eigenvalue weighted by molar-refractivity contribution is -0.111. The first-order valence-corrected chi connectivity index (χ1v) is 13.8. The Bertz CT molecular complexity index is 1280. The normalized spacial score (nSPS) is 13.5. The third-order valence-electron chi connectivity index (χ3n) is 6.51. The fourth-order valence-electron chi connectivity index (χ4n) is 4.64. The summed E-state index contributed by atoms with van der Waals surface area (Å²) in [5, 5.41) is 2.88. The Hall–Kier alpha value is -3.65. The monoisotopic (exact) mass is 507 g/mol. The summed E-state index contributed by atoms with van der Waals surface area (Å²) in [5.74, 6) is -0.213. The lowest BCUT2D eigenvalue weighted by Crippen LogP contribution is -2.07. The van der Waals surface area contributed by atoms with Crippen LogP contribution in [-0.2, 0) is 11.2 Å². The van der Waals surface area contributed by atoms with Gasteiger partial charge < -0.3 is 5.32 Å². The number of amides is 1. The molecule has 38 heavy (non-hydrogen) atoms. The molecule has 0 unspecified atom stereocenters. The van der Waals surface area contributed by atoms with E-state index in [-0.39, 0.29) is 5.91 Å². The van der Waals surface area contributed by atoms with E-state index in [2.05, 4.69) is 115 Å². The average molecular weight is 508 g/mol. The summed E-state index contributed by atoms with van der Waals surface area (Å²) in [6.07, 6.45) is 16.8. The van der Waals surface area contributed by atoms with Crippen LogP contribution in [0.2, 0.25) is 0 Å². The molecule has 0 saturated carbocycles.